The van der Waals surface area contributed by atoms with Crippen LogP contribution in [0, 0.1) is 5.82 Å². The summed E-state index contributed by atoms with van der Waals surface area (Å²) in [5.74, 6) is -5.67. The Morgan fingerprint density at radius 3 is 1.98 bits per heavy atom. The van der Waals surface area contributed by atoms with E-state index < -0.39 is 76.9 Å². The zero-order valence-electron chi connectivity index (χ0n) is 32.1. The molecule has 0 fully saturated rings. The van der Waals surface area contributed by atoms with Gasteiger partial charge in [-0.05, 0) is 74.3 Å². The summed E-state index contributed by atoms with van der Waals surface area (Å²) in [6.07, 6.45) is -6.17. The SMILES string of the molecule is CCCCN(C[C@H]1Cc2c(cc(OCc3ccccc3)c(N(CC(=O)OC(C)(C)C)C(=O)C(F)(F)F)c2F)N1C(=O)OC(C)(C)C)C(=O)OC(C)(C)C. The van der Waals surface area contributed by atoms with Gasteiger partial charge in [0.25, 0.3) is 0 Å². The van der Waals surface area contributed by atoms with Crippen molar-refractivity contribution in [2.75, 3.05) is 29.4 Å². The summed E-state index contributed by atoms with van der Waals surface area (Å²) >= 11 is 0. The third kappa shape index (κ3) is 12.2. The van der Waals surface area contributed by atoms with Crippen LogP contribution < -0.4 is 14.5 Å². The van der Waals surface area contributed by atoms with Gasteiger partial charge >= 0.3 is 30.2 Å². The fourth-order valence-corrected chi connectivity index (χ4v) is 5.47. The first-order chi connectivity index (χ1) is 24.3. The Kier molecular flexibility index (Phi) is 13.4. The first-order valence-corrected chi connectivity index (χ1v) is 17.4. The normalized spacial score (nSPS) is 14.7. The minimum Gasteiger partial charge on any atom is -0.487 e. The number of amides is 3. The number of nitrogens with zero attached hydrogens (tertiary/aromatic N) is 3. The van der Waals surface area contributed by atoms with E-state index >= 15 is 4.39 Å². The Balaban J connectivity index is 2.28. The van der Waals surface area contributed by atoms with Crippen molar-refractivity contribution in [1.82, 2.24) is 4.90 Å². The molecule has 0 radical (unpaired) electrons. The van der Waals surface area contributed by atoms with Gasteiger partial charge in [-0.1, -0.05) is 43.7 Å². The zero-order chi connectivity index (χ0) is 40.1. The van der Waals surface area contributed by atoms with Crippen molar-refractivity contribution < 1.29 is 55.7 Å². The minimum absolute atomic E-state index is 0.0522. The van der Waals surface area contributed by atoms with Crippen molar-refractivity contribution in [3.8, 4) is 5.75 Å². The van der Waals surface area contributed by atoms with E-state index in [1.54, 1.807) is 71.9 Å². The molecule has 53 heavy (non-hydrogen) atoms. The molecule has 0 spiro atoms. The molecule has 0 saturated heterocycles. The molecule has 0 N–H and O–H groups in total. The first-order valence-electron chi connectivity index (χ1n) is 17.4. The number of benzene rings is 2. The first kappa shape index (κ1) is 42.8. The standard InChI is InChI=1S/C38H51F4N3O8/c1-11-12-18-43(33(48)52-36(5,6)7)21-25-19-26-27(45(25)34(49)53-37(8,9)10)20-28(50-23-24-16-14-13-15-17-24)31(30(26)39)44(32(47)38(40,41)42)22-29(46)51-35(2,3)4/h13-17,20,25H,11-12,18-19,21-23H2,1-10H3/t25-/m1/s1. The topological polar surface area (TPSA) is 115 Å². The van der Waals surface area contributed by atoms with Crippen molar-refractivity contribution in [2.24, 2.45) is 0 Å². The molecule has 0 saturated carbocycles. The molecule has 2 aromatic rings. The molecule has 3 rings (SSSR count). The van der Waals surface area contributed by atoms with Crippen LogP contribution in [-0.4, -0.2) is 77.6 Å². The molecule has 1 heterocycles. The number of fused-ring (bicyclic) bond motifs is 1. The molecule has 0 unspecified atom stereocenters. The van der Waals surface area contributed by atoms with Crippen LogP contribution >= 0.6 is 0 Å². The third-order valence-corrected chi connectivity index (χ3v) is 7.50. The summed E-state index contributed by atoms with van der Waals surface area (Å²) < 4.78 is 82.1. The number of carbonyl (C=O) groups is 4. The maximum Gasteiger partial charge on any atom is 0.471 e. The Morgan fingerprint density at radius 2 is 1.45 bits per heavy atom. The summed E-state index contributed by atoms with van der Waals surface area (Å²) in [5.41, 5.74) is -3.81. The maximum absolute atomic E-state index is 17.1. The van der Waals surface area contributed by atoms with E-state index in [1.807, 2.05) is 6.92 Å². The van der Waals surface area contributed by atoms with Crippen LogP contribution in [0.2, 0.25) is 0 Å². The fourth-order valence-electron chi connectivity index (χ4n) is 5.47. The zero-order valence-corrected chi connectivity index (χ0v) is 32.1. The van der Waals surface area contributed by atoms with Gasteiger partial charge in [-0.3, -0.25) is 19.4 Å². The van der Waals surface area contributed by atoms with E-state index in [0.717, 1.165) is 11.0 Å². The van der Waals surface area contributed by atoms with Crippen LogP contribution in [0.4, 0.5) is 38.5 Å². The lowest BCUT2D eigenvalue weighted by Crippen LogP contribution is -2.49. The van der Waals surface area contributed by atoms with E-state index in [0.29, 0.717) is 18.4 Å². The smallest absolute Gasteiger partial charge is 0.471 e. The van der Waals surface area contributed by atoms with Crippen LogP contribution in [0.15, 0.2) is 36.4 Å². The van der Waals surface area contributed by atoms with E-state index in [4.69, 9.17) is 18.9 Å². The van der Waals surface area contributed by atoms with Crippen molar-refractivity contribution in [1.29, 1.82) is 0 Å². The Bertz CT molecular complexity index is 1630. The molecule has 294 valence electrons. The lowest BCUT2D eigenvalue weighted by molar-refractivity contribution is -0.171. The number of unbranched alkanes of at least 4 members (excludes halogenated alkanes) is 1. The quantitative estimate of drug-likeness (QED) is 0.128. The van der Waals surface area contributed by atoms with Gasteiger partial charge in [0, 0.05) is 31.1 Å². The number of carbonyl (C=O) groups excluding carboxylic acids is 4. The highest BCUT2D eigenvalue weighted by atomic mass is 19.4. The molecule has 1 atom stereocenters. The van der Waals surface area contributed by atoms with Crippen LogP contribution in [0.25, 0.3) is 0 Å². The van der Waals surface area contributed by atoms with E-state index in [9.17, 15) is 32.3 Å². The molecule has 0 aromatic heterocycles. The number of ether oxygens (including phenoxy) is 4. The third-order valence-electron chi connectivity index (χ3n) is 7.50. The molecule has 1 aliphatic rings. The number of hydrogen-bond acceptors (Lipinski definition) is 8. The number of alkyl halides is 3. The van der Waals surface area contributed by atoms with E-state index in [2.05, 4.69) is 0 Å². The highest BCUT2D eigenvalue weighted by Crippen LogP contribution is 2.46. The molecular weight excluding hydrogens is 702 g/mol. The number of halogens is 4. The van der Waals surface area contributed by atoms with Gasteiger partial charge in [0.1, 0.15) is 41.4 Å². The summed E-state index contributed by atoms with van der Waals surface area (Å²) in [6.45, 7) is 14.8. The van der Waals surface area contributed by atoms with Crippen LogP contribution in [0.5, 0.6) is 5.75 Å². The van der Waals surface area contributed by atoms with Crippen LogP contribution in [0.3, 0.4) is 0 Å². The molecule has 0 aliphatic carbocycles. The number of anilines is 2. The van der Waals surface area contributed by atoms with Crippen molar-refractivity contribution in [2.45, 2.75) is 124 Å². The predicted molar refractivity (Wildman–Crippen MR) is 190 cm³/mol. The Labute approximate surface area is 308 Å². The van der Waals surface area contributed by atoms with Gasteiger partial charge in [0.2, 0.25) is 0 Å². The highest BCUT2D eigenvalue weighted by Gasteiger charge is 2.48. The highest BCUT2D eigenvalue weighted by molar-refractivity contribution is 6.03. The monoisotopic (exact) mass is 753 g/mol. The van der Waals surface area contributed by atoms with Gasteiger partial charge < -0.3 is 23.8 Å². The number of esters is 1. The summed E-state index contributed by atoms with van der Waals surface area (Å²) in [4.78, 5) is 55.7. The largest absolute Gasteiger partial charge is 0.487 e. The second-order valence-corrected chi connectivity index (χ2v) is 15.8. The van der Waals surface area contributed by atoms with Crippen molar-refractivity contribution >= 4 is 35.4 Å². The van der Waals surface area contributed by atoms with Gasteiger partial charge in [-0.25, -0.2) is 14.0 Å². The Hall–Kier alpha value is -4.56. The maximum atomic E-state index is 17.1. The molecule has 2 aromatic carbocycles. The molecule has 3 amide bonds. The van der Waals surface area contributed by atoms with Gasteiger partial charge in [-0.15, -0.1) is 0 Å². The average molecular weight is 754 g/mol. The van der Waals surface area contributed by atoms with Crippen LogP contribution in [-0.2, 0) is 36.8 Å². The second-order valence-electron chi connectivity index (χ2n) is 15.8. The van der Waals surface area contributed by atoms with E-state index in [-0.39, 0.29) is 42.3 Å². The predicted octanol–water partition coefficient (Wildman–Crippen LogP) is 8.35. The molecule has 11 nitrogen and oxygen atoms in total. The number of rotatable bonds is 11. The molecule has 15 heteroatoms. The molecule has 1 aliphatic heterocycles. The average Bonchev–Trinajstić information content (AvgIpc) is 3.36. The summed E-state index contributed by atoms with van der Waals surface area (Å²) in [7, 11) is 0. The Morgan fingerprint density at radius 1 is 0.868 bits per heavy atom. The lowest BCUT2D eigenvalue weighted by atomic mass is 10.1. The number of hydrogen-bond donors (Lipinski definition) is 0. The van der Waals surface area contributed by atoms with E-state index in [1.165, 1.54) is 25.7 Å². The van der Waals surface area contributed by atoms with Gasteiger partial charge in [0.15, 0.2) is 5.82 Å². The summed E-state index contributed by atoms with van der Waals surface area (Å²) in [6, 6.07) is 8.59. The molecular formula is C38H51F4N3O8. The van der Waals surface area contributed by atoms with Crippen LogP contribution in [0.1, 0.15) is 93.2 Å². The van der Waals surface area contributed by atoms with Gasteiger partial charge in [0.05, 0.1) is 11.7 Å². The minimum atomic E-state index is -5.54. The second kappa shape index (κ2) is 16.6. The lowest BCUT2D eigenvalue weighted by Gasteiger charge is -2.33. The molecule has 0 bridgehead atoms. The van der Waals surface area contributed by atoms with Crippen molar-refractivity contribution in [3.05, 3.63) is 53.3 Å². The van der Waals surface area contributed by atoms with Crippen molar-refractivity contribution in [3.63, 3.8) is 0 Å². The van der Waals surface area contributed by atoms with Gasteiger partial charge in [-0.2, -0.15) is 13.2 Å². The fraction of sp³-hybridized carbons (Fsp3) is 0.579. The summed E-state index contributed by atoms with van der Waals surface area (Å²) in [5, 5.41) is 0.